The molecule has 0 radical (unpaired) electrons. The van der Waals surface area contributed by atoms with Gasteiger partial charge >= 0.3 is 0 Å². The molecule has 2 rings (SSSR count). The Morgan fingerprint density at radius 3 is 2.70 bits per heavy atom. The molecule has 104 valence electrons. The van der Waals surface area contributed by atoms with Crippen molar-refractivity contribution < 1.29 is 0 Å². The Hall–Kier alpha value is -2.07. The van der Waals surface area contributed by atoms with E-state index in [1.54, 1.807) is 6.08 Å². The first-order valence-corrected chi connectivity index (χ1v) is 6.81. The van der Waals surface area contributed by atoms with Crippen molar-refractivity contribution in [2.45, 2.75) is 6.42 Å². The van der Waals surface area contributed by atoms with Crippen LogP contribution in [0.3, 0.4) is 0 Å². The third-order valence-corrected chi connectivity index (χ3v) is 2.94. The predicted molar refractivity (Wildman–Crippen MR) is 84.4 cm³/mol. The van der Waals surface area contributed by atoms with Crippen molar-refractivity contribution in [2.24, 2.45) is 0 Å². The van der Waals surface area contributed by atoms with Gasteiger partial charge in [0.05, 0.1) is 0 Å². The third-order valence-electron chi connectivity index (χ3n) is 2.70. The summed E-state index contributed by atoms with van der Waals surface area (Å²) in [5, 5.41) is 7.16. The fourth-order valence-electron chi connectivity index (χ4n) is 1.75. The number of hydrogen-bond donors (Lipinski definition) is 2. The van der Waals surface area contributed by atoms with Crippen LogP contribution in [0, 0.1) is 0 Å². The van der Waals surface area contributed by atoms with Crippen molar-refractivity contribution in [1.82, 2.24) is 9.97 Å². The van der Waals surface area contributed by atoms with Crippen LogP contribution in [0.1, 0.15) is 5.56 Å². The Morgan fingerprint density at radius 1 is 1.15 bits per heavy atom. The minimum absolute atomic E-state index is 0.680. The number of hydrogen-bond acceptors (Lipinski definition) is 4. The number of rotatable bonds is 7. The Kier molecular flexibility index (Phi) is 5.38. The summed E-state index contributed by atoms with van der Waals surface area (Å²) < 4.78 is 0. The molecule has 0 bridgehead atoms. The highest BCUT2D eigenvalue weighted by Gasteiger charge is 1.98. The number of anilines is 2. The molecule has 0 amide bonds. The molecule has 0 aliphatic carbocycles. The van der Waals surface area contributed by atoms with Crippen molar-refractivity contribution in [1.29, 1.82) is 0 Å². The van der Waals surface area contributed by atoms with Gasteiger partial charge in [0.1, 0.15) is 18.0 Å². The minimum atomic E-state index is 0.680. The first kappa shape index (κ1) is 14.3. The SMILES string of the molecule is C=CCNc1cc(NCCc2cccc(Cl)c2)ncn1. The second-order valence-corrected chi connectivity index (χ2v) is 4.70. The molecule has 2 aromatic rings. The molecule has 0 aliphatic heterocycles. The number of nitrogens with one attached hydrogen (secondary N) is 2. The van der Waals surface area contributed by atoms with Crippen LogP contribution in [0.15, 0.2) is 49.3 Å². The smallest absolute Gasteiger partial charge is 0.131 e. The van der Waals surface area contributed by atoms with Gasteiger partial charge < -0.3 is 10.6 Å². The van der Waals surface area contributed by atoms with Crippen LogP contribution in [-0.2, 0) is 6.42 Å². The molecule has 0 saturated heterocycles. The number of halogens is 1. The maximum Gasteiger partial charge on any atom is 0.131 e. The second kappa shape index (κ2) is 7.50. The van der Waals surface area contributed by atoms with Crippen LogP contribution in [0.4, 0.5) is 11.6 Å². The molecule has 0 fully saturated rings. The normalized spacial score (nSPS) is 10.1. The fourth-order valence-corrected chi connectivity index (χ4v) is 1.97. The number of benzene rings is 1. The van der Waals surface area contributed by atoms with Crippen molar-refractivity contribution >= 4 is 23.2 Å². The molecule has 0 spiro atoms. The predicted octanol–water partition coefficient (Wildman–Crippen LogP) is 3.38. The van der Waals surface area contributed by atoms with Gasteiger partial charge in [0.2, 0.25) is 0 Å². The maximum absolute atomic E-state index is 5.95. The first-order valence-electron chi connectivity index (χ1n) is 6.43. The highest BCUT2D eigenvalue weighted by molar-refractivity contribution is 6.30. The average molecular weight is 289 g/mol. The summed E-state index contributed by atoms with van der Waals surface area (Å²) in [5.74, 6) is 1.58. The highest BCUT2D eigenvalue weighted by atomic mass is 35.5. The number of aromatic nitrogens is 2. The zero-order valence-electron chi connectivity index (χ0n) is 11.1. The van der Waals surface area contributed by atoms with E-state index in [4.69, 9.17) is 11.6 Å². The van der Waals surface area contributed by atoms with Crippen molar-refractivity contribution in [3.05, 3.63) is 59.9 Å². The maximum atomic E-state index is 5.95. The molecule has 4 nitrogen and oxygen atoms in total. The van der Waals surface area contributed by atoms with Crippen LogP contribution >= 0.6 is 11.6 Å². The Balaban J connectivity index is 1.86. The van der Waals surface area contributed by atoms with Gasteiger partial charge in [0.15, 0.2) is 0 Å². The summed E-state index contributed by atoms with van der Waals surface area (Å²) >= 11 is 5.95. The standard InChI is InChI=1S/C15H17ClN4/c1-2-7-17-14-10-15(20-11-19-14)18-8-6-12-4-3-5-13(16)9-12/h2-5,9-11H,1,6-8H2,(H2,17,18,19,20). The minimum Gasteiger partial charge on any atom is -0.370 e. The zero-order chi connectivity index (χ0) is 14.2. The van der Waals surface area contributed by atoms with Gasteiger partial charge in [-0.1, -0.05) is 29.8 Å². The van der Waals surface area contributed by atoms with Gasteiger partial charge in [-0.3, -0.25) is 0 Å². The summed E-state index contributed by atoms with van der Waals surface area (Å²) in [7, 11) is 0. The summed E-state index contributed by atoms with van der Waals surface area (Å²) in [6.45, 7) is 5.13. The van der Waals surface area contributed by atoms with Crippen LogP contribution in [0.5, 0.6) is 0 Å². The lowest BCUT2D eigenvalue weighted by Gasteiger charge is -2.07. The van der Waals surface area contributed by atoms with E-state index in [2.05, 4.69) is 33.2 Å². The highest BCUT2D eigenvalue weighted by Crippen LogP contribution is 2.12. The molecule has 20 heavy (non-hydrogen) atoms. The van der Waals surface area contributed by atoms with Gasteiger partial charge in [0, 0.05) is 24.2 Å². The molecule has 1 aromatic heterocycles. The largest absolute Gasteiger partial charge is 0.370 e. The average Bonchev–Trinajstić information content (AvgIpc) is 2.46. The van der Waals surface area contributed by atoms with Gasteiger partial charge in [-0.2, -0.15) is 0 Å². The summed E-state index contributed by atoms with van der Waals surface area (Å²) in [4.78, 5) is 8.31. The monoisotopic (exact) mass is 288 g/mol. The molecule has 5 heteroatoms. The van der Waals surface area contributed by atoms with Crippen LogP contribution < -0.4 is 10.6 Å². The molecular formula is C15H17ClN4. The van der Waals surface area contributed by atoms with Crippen LogP contribution in [-0.4, -0.2) is 23.1 Å². The fraction of sp³-hybridized carbons (Fsp3) is 0.200. The van der Waals surface area contributed by atoms with E-state index in [9.17, 15) is 0 Å². The lowest BCUT2D eigenvalue weighted by molar-refractivity contribution is 0.999. The number of nitrogens with zero attached hydrogens (tertiary/aromatic N) is 2. The zero-order valence-corrected chi connectivity index (χ0v) is 11.9. The van der Waals surface area contributed by atoms with Crippen molar-refractivity contribution in [3.63, 3.8) is 0 Å². The van der Waals surface area contributed by atoms with E-state index < -0.39 is 0 Å². The van der Waals surface area contributed by atoms with Gasteiger partial charge in [0.25, 0.3) is 0 Å². The van der Waals surface area contributed by atoms with E-state index in [-0.39, 0.29) is 0 Å². The van der Waals surface area contributed by atoms with E-state index in [0.717, 1.165) is 29.6 Å². The first-order chi connectivity index (χ1) is 9.78. The molecule has 2 N–H and O–H groups in total. The summed E-state index contributed by atoms with van der Waals surface area (Å²) in [6.07, 6.45) is 4.21. The van der Waals surface area contributed by atoms with E-state index in [1.807, 2.05) is 24.3 Å². The lowest BCUT2D eigenvalue weighted by atomic mass is 10.1. The summed E-state index contributed by atoms with van der Waals surface area (Å²) in [6, 6.07) is 9.74. The van der Waals surface area contributed by atoms with Gasteiger partial charge in [-0.15, -0.1) is 6.58 Å². The molecule has 0 unspecified atom stereocenters. The van der Waals surface area contributed by atoms with Crippen LogP contribution in [0.2, 0.25) is 5.02 Å². The quantitative estimate of drug-likeness (QED) is 0.767. The van der Waals surface area contributed by atoms with Gasteiger partial charge in [-0.05, 0) is 24.1 Å². The third kappa shape index (κ3) is 4.55. The van der Waals surface area contributed by atoms with Crippen molar-refractivity contribution in [3.8, 4) is 0 Å². The molecule has 0 atom stereocenters. The Labute approximate surface area is 123 Å². The molecule has 1 heterocycles. The Bertz CT molecular complexity index is 571. The molecule has 0 aliphatic rings. The lowest BCUT2D eigenvalue weighted by Crippen LogP contribution is -2.08. The van der Waals surface area contributed by atoms with E-state index in [1.165, 1.54) is 11.9 Å². The molecule has 0 saturated carbocycles. The Morgan fingerprint density at radius 2 is 1.95 bits per heavy atom. The van der Waals surface area contributed by atoms with Crippen molar-refractivity contribution in [2.75, 3.05) is 23.7 Å². The van der Waals surface area contributed by atoms with Gasteiger partial charge in [-0.25, -0.2) is 9.97 Å². The van der Waals surface area contributed by atoms with E-state index >= 15 is 0 Å². The summed E-state index contributed by atoms with van der Waals surface area (Å²) in [5.41, 5.74) is 1.20. The molecule has 1 aromatic carbocycles. The van der Waals surface area contributed by atoms with E-state index in [0.29, 0.717) is 6.54 Å². The molecular weight excluding hydrogens is 272 g/mol. The second-order valence-electron chi connectivity index (χ2n) is 4.26. The van der Waals surface area contributed by atoms with Crippen LogP contribution in [0.25, 0.3) is 0 Å². The topological polar surface area (TPSA) is 49.8 Å².